The highest BCUT2D eigenvalue weighted by Crippen LogP contribution is 2.29. The zero-order valence-corrected chi connectivity index (χ0v) is 13.2. The van der Waals surface area contributed by atoms with Crippen molar-refractivity contribution in [1.82, 2.24) is 4.90 Å². The maximum Gasteiger partial charge on any atom is 0.260 e. The molecule has 1 aliphatic heterocycles. The molecule has 5 nitrogen and oxygen atoms in total. The third-order valence-electron chi connectivity index (χ3n) is 3.25. The summed E-state index contributed by atoms with van der Waals surface area (Å²) < 4.78 is 6.29. The first-order chi connectivity index (χ1) is 9.61. The first kappa shape index (κ1) is 14.9. The molecule has 1 saturated heterocycles. The number of likely N-dealkylation sites (tertiary alicyclic amines) is 1. The third-order valence-corrected chi connectivity index (χ3v) is 4.05. The van der Waals surface area contributed by atoms with Gasteiger partial charge in [-0.25, -0.2) is 0 Å². The van der Waals surface area contributed by atoms with Gasteiger partial charge in [0.1, 0.15) is 0 Å². The minimum Gasteiger partial charge on any atom is -0.480 e. The molecule has 20 heavy (non-hydrogen) atoms. The molecular weight excluding hydrogens is 369 g/mol. The van der Waals surface area contributed by atoms with Gasteiger partial charge in [0.05, 0.1) is 20.9 Å². The summed E-state index contributed by atoms with van der Waals surface area (Å²) in [5.74, 6) is 0.471. The lowest BCUT2D eigenvalue weighted by Crippen LogP contribution is -2.38. The van der Waals surface area contributed by atoms with Crippen molar-refractivity contribution in [2.45, 2.75) is 19.3 Å². The van der Waals surface area contributed by atoms with Crippen molar-refractivity contribution in [3.8, 4) is 11.8 Å². The summed E-state index contributed by atoms with van der Waals surface area (Å²) in [5, 5.41) is 8.86. The van der Waals surface area contributed by atoms with Gasteiger partial charge in [-0.15, -0.1) is 0 Å². The van der Waals surface area contributed by atoms with Gasteiger partial charge in [-0.05, 0) is 54.0 Å². The van der Waals surface area contributed by atoms with E-state index in [1.165, 1.54) is 6.42 Å². The molecule has 1 amide bonds. The molecule has 1 heterocycles. The maximum atomic E-state index is 12.0. The second-order valence-corrected chi connectivity index (χ2v) is 5.88. The van der Waals surface area contributed by atoms with Crippen molar-refractivity contribution in [3.63, 3.8) is 0 Å². The second-order valence-electron chi connectivity index (χ2n) is 4.72. The molecule has 0 aliphatic carbocycles. The predicted octanol–water partition coefficient (Wildman–Crippen LogP) is 2.14. The van der Waals surface area contributed by atoms with E-state index in [0.29, 0.717) is 17.0 Å². The number of amides is 1. The summed E-state index contributed by atoms with van der Waals surface area (Å²) in [6.45, 7) is 1.61. The van der Waals surface area contributed by atoms with Crippen molar-refractivity contribution in [3.05, 3.63) is 21.3 Å². The van der Waals surface area contributed by atoms with Crippen LogP contribution in [0, 0.1) is 14.9 Å². The van der Waals surface area contributed by atoms with Gasteiger partial charge in [-0.1, -0.05) is 0 Å². The van der Waals surface area contributed by atoms with Crippen LogP contribution in [-0.2, 0) is 4.79 Å². The quantitative estimate of drug-likeness (QED) is 0.639. The molecule has 0 unspecified atom stereocenters. The maximum absolute atomic E-state index is 12.0. The summed E-state index contributed by atoms with van der Waals surface area (Å²) in [6.07, 6.45) is 3.30. The van der Waals surface area contributed by atoms with E-state index in [-0.39, 0.29) is 12.5 Å². The molecule has 1 fully saturated rings. The Balaban J connectivity index is 2.00. The topological polar surface area (TPSA) is 79.4 Å². The standard InChI is InChI=1S/C14H16IN3O2/c15-11-6-10(8-16)7-12(17)14(11)20-9-13(19)18-4-2-1-3-5-18/h6-7H,1-5,9,17H2. The first-order valence-corrected chi connectivity index (χ1v) is 7.59. The lowest BCUT2D eigenvalue weighted by Gasteiger charge is -2.26. The van der Waals surface area contributed by atoms with E-state index < -0.39 is 0 Å². The van der Waals surface area contributed by atoms with E-state index in [2.05, 4.69) is 22.6 Å². The molecule has 0 aromatic heterocycles. The number of ether oxygens (including phenoxy) is 1. The number of nitrogens with zero attached hydrogens (tertiary/aromatic N) is 2. The highest BCUT2D eigenvalue weighted by Gasteiger charge is 2.18. The van der Waals surface area contributed by atoms with Gasteiger partial charge in [0.25, 0.3) is 5.91 Å². The number of rotatable bonds is 3. The van der Waals surface area contributed by atoms with Gasteiger partial charge in [0.15, 0.2) is 12.4 Å². The second kappa shape index (κ2) is 6.79. The number of nitriles is 1. The van der Waals surface area contributed by atoms with Crippen molar-refractivity contribution in [1.29, 1.82) is 5.26 Å². The summed E-state index contributed by atoms with van der Waals surface area (Å²) in [7, 11) is 0. The van der Waals surface area contributed by atoms with E-state index in [4.69, 9.17) is 15.7 Å². The SMILES string of the molecule is N#Cc1cc(N)c(OCC(=O)N2CCCCC2)c(I)c1. The van der Waals surface area contributed by atoms with Crippen LogP contribution < -0.4 is 10.5 Å². The number of halogens is 1. The van der Waals surface area contributed by atoms with Crippen molar-refractivity contribution in [2.75, 3.05) is 25.4 Å². The molecule has 0 spiro atoms. The fourth-order valence-corrected chi connectivity index (χ4v) is 3.00. The van der Waals surface area contributed by atoms with Gasteiger partial charge in [-0.3, -0.25) is 4.79 Å². The van der Waals surface area contributed by atoms with Crippen molar-refractivity contribution >= 4 is 34.2 Å². The molecule has 0 bridgehead atoms. The van der Waals surface area contributed by atoms with E-state index >= 15 is 0 Å². The molecule has 1 aromatic carbocycles. The first-order valence-electron chi connectivity index (χ1n) is 6.51. The molecule has 2 N–H and O–H groups in total. The monoisotopic (exact) mass is 385 g/mol. The van der Waals surface area contributed by atoms with Gasteiger partial charge in [0.2, 0.25) is 0 Å². The van der Waals surface area contributed by atoms with Gasteiger partial charge < -0.3 is 15.4 Å². The van der Waals surface area contributed by atoms with E-state index in [1.807, 2.05) is 11.0 Å². The number of carbonyl (C=O) groups is 1. The number of hydrogen-bond acceptors (Lipinski definition) is 4. The Bertz CT molecular complexity index is 525. The van der Waals surface area contributed by atoms with Crippen LogP contribution in [0.25, 0.3) is 0 Å². The molecular formula is C14H16IN3O2. The molecule has 1 aromatic rings. The zero-order valence-electron chi connectivity index (χ0n) is 11.1. The van der Waals surface area contributed by atoms with Crippen molar-refractivity contribution in [2.24, 2.45) is 0 Å². The highest BCUT2D eigenvalue weighted by molar-refractivity contribution is 14.1. The van der Waals surface area contributed by atoms with Crippen LogP contribution in [0.5, 0.6) is 5.75 Å². The average molecular weight is 385 g/mol. The number of hydrogen-bond donors (Lipinski definition) is 1. The number of nitrogen functional groups attached to an aromatic ring is 1. The number of benzene rings is 1. The smallest absolute Gasteiger partial charge is 0.260 e. The van der Waals surface area contributed by atoms with Crippen LogP contribution in [0.3, 0.4) is 0 Å². The van der Waals surface area contributed by atoms with Gasteiger partial charge in [0, 0.05) is 13.1 Å². The molecule has 0 radical (unpaired) electrons. The third kappa shape index (κ3) is 3.54. The van der Waals surface area contributed by atoms with Crippen LogP contribution in [0.15, 0.2) is 12.1 Å². The Morgan fingerprint density at radius 3 is 2.70 bits per heavy atom. The lowest BCUT2D eigenvalue weighted by atomic mass is 10.1. The van der Waals surface area contributed by atoms with E-state index in [0.717, 1.165) is 29.5 Å². The zero-order chi connectivity index (χ0) is 14.5. The van der Waals surface area contributed by atoms with Gasteiger partial charge >= 0.3 is 0 Å². The fourth-order valence-electron chi connectivity index (χ4n) is 2.20. The number of anilines is 1. The predicted molar refractivity (Wildman–Crippen MR) is 84.2 cm³/mol. The summed E-state index contributed by atoms with van der Waals surface area (Å²) >= 11 is 2.06. The van der Waals surface area contributed by atoms with E-state index in [1.54, 1.807) is 12.1 Å². The van der Waals surface area contributed by atoms with Crippen LogP contribution in [-0.4, -0.2) is 30.5 Å². The normalized spacial score (nSPS) is 14.7. The molecule has 106 valence electrons. The Kier molecular flexibility index (Phi) is 5.06. The minimum absolute atomic E-state index is 0.00784. The number of carbonyl (C=O) groups excluding carboxylic acids is 1. The largest absolute Gasteiger partial charge is 0.480 e. The average Bonchev–Trinajstić information content (AvgIpc) is 2.46. The molecule has 0 saturated carbocycles. The summed E-state index contributed by atoms with van der Waals surface area (Å²) in [6, 6.07) is 5.29. The minimum atomic E-state index is -0.00994. The van der Waals surface area contributed by atoms with Gasteiger partial charge in [-0.2, -0.15) is 5.26 Å². The Hall–Kier alpha value is -1.49. The number of nitrogens with two attached hydrogens (primary N) is 1. The Labute approximate surface area is 131 Å². The Morgan fingerprint density at radius 1 is 1.40 bits per heavy atom. The van der Waals surface area contributed by atoms with Crippen LogP contribution >= 0.6 is 22.6 Å². The van der Waals surface area contributed by atoms with Crippen LogP contribution in [0.1, 0.15) is 24.8 Å². The summed E-state index contributed by atoms with van der Waals surface area (Å²) in [4.78, 5) is 13.9. The summed E-state index contributed by atoms with van der Waals surface area (Å²) in [5.41, 5.74) is 6.73. The molecule has 6 heteroatoms. The van der Waals surface area contributed by atoms with Crippen LogP contribution in [0.2, 0.25) is 0 Å². The Morgan fingerprint density at radius 2 is 2.10 bits per heavy atom. The lowest BCUT2D eigenvalue weighted by molar-refractivity contribution is -0.134. The highest BCUT2D eigenvalue weighted by atomic mass is 127. The fraction of sp³-hybridized carbons (Fsp3) is 0.429. The molecule has 1 aliphatic rings. The molecule has 2 rings (SSSR count). The van der Waals surface area contributed by atoms with Crippen molar-refractivity contribution < 1.29 is 9.53 Å². The van der Waals surface area contributed by atoms with E-state index in [9.17, 15) is 4.79 Å². The molecule has 0 atom stereocenters. The number of piperidine rings is 1. The van der Waals surface area contributed by atoms with Crippen LogP contribution in [0.4, 0.5) is 5.69 Å².